The van der Waals surface area contributed by atoms with Crippen LogP contribution in [0.15, 0.2) is 12.1 Å². The summed E-state index contributed by atoms with van der Waals surface area (Å²) in [6.07, 6.45) is 2.32. The Morgan fingerprint density at radius 2 is 2.26 bits per heavy atom. The van der Waals surface area contributed by atoms with E-state index in [9.17, 15) is 10.0 Å². The van der Waals surface area contributed by atoms with E-state index in [2.05, 4.69) is 17.3 Å². The number of phenols is 1. The minimum absolute atomic E-state index is 0. The third-order valence-electron chi connectivity index (χ3n) is 3.90. The van der Waals surface area contributed by atoms with E-state index >= 15 is 0 Å². The molecular formula is C13H19BrN3O2+. The van der Waals surface area contributed by atoms with Crippen LogP contribution in [-0.2, 0) is 0 Å². The number of aromatic hydroxyl groups is 1. The Bertz CT molecular complexity index is 507. The number of rotatable bonds is 1. The maximum absolute atomic E-state index is 11.7. The van der Waals surface area contributed by atoms with Gasteiger partial charge in [0.05, 0.1) is 4.76 Å². The van der Waals surface area contributed by atoms with Crippen molar-refractivity contribution in [2.45, 2.75) is 18.8 Å². The van der Waals surface area contributed by atoms with Gasteiger partial charge in [-0.1, -0.05) is 6.07 Å². The smallest absolute Gasteiger partial charge is 0.323 e. The molecule has 1 aromatic carbocycles. The number of benzene rings is 1. The summed E-state index contributed by atoms with van der Waals surface area (Å²) in [6, 6.07) is 3.59. The van der Waals surface area contributed by atoms with E-state index in [1.807, 2.05) is 6.07 Å². The standard InChI is InChI=1S/C13H17N3O2.BrH/c1-15-6-2-3-9(7-15)10-4-5-11(17)13-12(10)14-8-16(13)18;/h4-5,9H,2-3,6-8H2,1H3,(H-,14,17,18);1H/p+1. The summed E-state index contributed by atoms with van der Waals surface area (Å²) in [4.78, 5) is 14.0. The van der Waals surface area contributed by atoms with Gasteiger partial charge in [-0.2, -0.15) is 0 Å². The normalized spacial score (nSPS) is 22.6. The summed E-state index contributed by atoms with van der Waals surface area (Å²) >= 11 is 0. The summed E-state index contributed by atoms with van der Waals surface area (Å²) in [5, 5.41) is 12.9. The van der Waals surface area contributed by atoms with Gasteiger partial charge in [-0.25, -0.2) is 0 Å². The highest BCUT2D eigenvalue weighted by molar-refractivity contribution is 8.93. The van der Waals surface area contributed by atoms with E-state index in [1.54, 1.807) is 6.07 Å². The van der Waals surface area contributed by atoms with Crippen molar-refractivity contribution < 1.29 is 9.87 Å². The predicted octanol–water partition coefficient (Wildman–Crippen LogP) is 2.57. The fourth-order valence-electron chi connectivity index (χ4n) is 3.02. The predicted molar refractivity (Wildman–Crippen MR) is 79.7 cm³/mol. The van der Waals surface area contributed by atoms with Gasteiger partial charge in [0, 0.05) is 11.5 Å². The molecule has 2 aliphatic rings. The number of likely N-dealkylation sites (tertiary alicyclic amines) is 1. The summed E-state index contributed by atoms with van der Waals surface area (Å²) in [6.45, 7) is 2.37. The van der Waals surface area contributed by atoms with Crippen LogP contribution in [0.4, 0.5) is 11.4 Å². The topological polar surface area (TPSA) is 55.6 Å². The molecule has 0 saturated carbocycles. The minimum Gasteiger partial charge on any atom is -0.502 e. The van der Waals surface area contributed by atoms with Crippen LogP contribution in [0.3, 0.4) is 0 Å². The van der Waals surface area contributed by atoms with Crippen LogP contribution in [0.5, 0.6) is 5.75 Å². The van der Waals surface area contributed by atoms with Crippen LogP contribution in [0.2, 0.25) is 0 Å². The molecule has 2 heterocycles. The van der Waals surface area contributed by atoms with Crippen molar-refractivity contribution >= 4 is 28.4 Å². The molecule has 0 spiro atoms. The second kappa shape index (κ2) is 5.46. The van der Waals surface area contributed by atoms with Crippen LogP contribution in [0.25, 0.3) is 0 Å². The van der Waals surface area contributed by atoms with Crippen LogP contribution in [0, 0.1) is 4.91 Å². The molecule has 1 fully saturated rings. The van der Waals surface area contributed by atoms with Gasteiger partial charge in [0.15, 0.2) is 5.75 Å². The highest BCUT2D eigenvalue weighted by Gasteiger charge is 2.35. The van der Waals surface area contributed by atoms with Crippen molar-refractivity contribution in [3.63, 3.8) is 0 Å². The Morgan fingerprint density at radius 1 is 1.47 bits per heavy atom. The highest BCUT2D eigenvalue weighted by Crippen LogP contribution is 2.44. The largest absolute Gasteiger partial charge is 0.502 e. The monoisotopic (exact) mass is 328 g/mol. The second-order valence-corrected chi connectivity index (χ2v) is 5.21. The molecule has 1 unspecified atom stereocenters. The fraction of sp³-hybridized carbons (Fsp3) is 0.538. The van der Waals surface area contributed by atoms with Gasteiger partial charge in [-0.3, -0.25) is 0 Å². The number of nitrogens with one attached hydrogen (secondary N) is 1. The molecule has 1 atom stereocenters. The number of hydrogen-bond acceptors (Lipinski definition) is 4. The molecule has 6 heteroatoms. The van der Waals surface area contributed by atoms with E-state index < -0.39 is 0 Å². The fourth-order valence-corrected chi connectivity index (χ4v) is 3.02. The second-order valence-electron chi connectivity index (χ2n) is 5.21. The van der Waals surface area contributed by atoms with E-state index in [0.29, 0.717) is 11.6 Å². The third-order valence-corrected chi connectivity index (χ3v) is 3.90. The number of anilines is 1. The average molecular weight is 329 g/mol. The summed E-state index contributed by atoms with van der Waals surface area (Å²) < 4.78 is 0.820. The van der Waals surface area contributed by atoms with Gasteiger partial charge in [-0.05, 0) is 44.0 Å². The van der Waals surface area contributed by atoms with E-state index in [-0.39, 0.29) is 29.4 Å². The van der Waals surface area contributed by atoms with Crippen molar-refractivity contribution in [3.05, 3.63) is 22.6 Å². The molecule has 1 aromatic rings. The Hall–Kier alpha value is -1.14. The first-order valence-electron chi connectivity index (χ1n) is 6.40. The number of fused-ring (bicyclic) bond motifs is 1. The zero-order valence-electron chi connectivity index (χ0n) is 10.9. The molecular weight excluding hydrogens is 310 g/mol. The summed E-state index contributed by atoms with van der Waals surface area (Å²) in [7, 11) is 2.13. The molecule has 5 nitrogen and oxygen atoms in total. The van der Waals surface area contributed by atoms with Crippen LogP contribution >= 0.6 is 17.0 Å². The SMILES string of the molecule is Br.CN1CCCC(c2ccc(O)c3c2NC[N+]3=O)C1. The first-order chi connectivity index (χ1) is 8.66. The lowest BCUT2D eigenvalue weighted by Crippen LogP contribution is -2.31. The Morgan fingerprint density at radius 3 is 3.00 bits per heavy atom. The van der Waals surface area contributed by atoms with Crippen LogP contribution < -0.4 is 5.32 Å². The van der Waals surface area contributed by atoms with Gasteiger partial charge in [-0.15, -0.1) is 17.0 Å². The highest BCUT2D eigenvalue weighted by atomic mass is 79.9. The molecule has 0 radical (unpaired) electrons. The molecule has 19 heavy (non-hydrogen) atoms. The molecule has 0 aromatic heterocycles. The van der Waals surface area contributed by atoms with Crippen LogP contribution in [-0.4, -0.2) is 41.6 Å². The molecule has 2 N–H and O–H groups in total. The number of nitrogens with zero attached hydrogens (tertiary/aromatic N) is 2. The quantitative estimate of drug-likeness (QED) is 0.778. The Labute approximate surface area is 122 Å². The first kappa shape index (κ1) is 14.3. The molecule has 0 aliphatic carbocycles. The van der Waals surface area contributed by atoms with E-state index in [1.165, 1.54) is 6.42 Å². The maximum atomic E-state index is 11.7. The summed E-state index contributed by atoms with van der Waals surface area (Å²) in [5.41, 5.74) is 2.39. The molecule has 0 bridgehead atoms. The molecule has 0 amide bonds. The Kier molecular flexibility index (Phi) is 4.10. The van der Waals surface area contributed by atoms with Gasteiger partial charge in [0.2, 0.25) is 0 Å². The van der Waals surface area contributed by atoms with Crippen molar-refractivity contribution in [2.24, 2.45) is 0 Å². The molecule has 3 rings (SSSR count). The third kappa shape index (κ3) is 2.47. The first-order valence-corrected chi connectivity index (χ1v) is 6.40. The lowest BCUT2D eigenvalue weighted by atomic mass is 9.89. The average Bonchev–Trinajstić information content (AvgIpc) is 2.73. The van der Waals surface area contributed by atoms with Crippen LogP contribution in [0.1, 0.15) is 24.3 Å². The zero-order valence-corrected chi connectivity index (χ0v) is 12.6. The number of likely N-dealkylation sites (N-methyl/N-ethyl adjacent to an activating group) is 1. The number of hydrogen-bond donors (Lipinski definition) is 2. The number of nitroso groups, excluding NO2 is 1. The maximum Gasteiger partial charge on any atom is 0.323 e. The number of halogens is 1. The summed E-state index contributed by atoms with van der Waals surface area (Å²) in [5.74, 6) is 0.509. The van der Waals surface area contributed by atoms with Crippen molar-refractivity contribution in [1.82, 2.24) is 4.90 Å². The van der Waals surface area contributed by atoms with Gasteiger partial charge < -0.3 is 15.3 Å². The lowest BCUT2D eigenvalue weighted by molar-refractivity contribution is -0.448. The molecule has 2 aliphatic heterocycles. The van der Waals surface area contributed by atoms with E-state index in [4.69, 9.17) is 0 Å². The Balaban J connectivity index is 0.00000133. The van der Waals surface area contributed by atoms with Crippen molar-refractivity contribution in [2.75, 3.05) is 32.1 Å². The van der Waals surface area contributed by atoms with Gasteiger partial charge >= 0.3 is 5.69 Å². The van der Waals surface area contributed by atoms with Gasteiger partial charge in [0.25, 0.3) is 6.67 Å². The lowest BCUT2D eigenvalue weighted by Gasteiger charge is -2.30. The van der Waals surface area contributed by atoms with Crippen molar-refractivity contribution in [3.8, 4) is 5.75 Å². The van der Waals surface area contributed by atoms with E-state index in [0.717, 1.165) is 35.5 Å². The van der Waals surface area contributed by atoms with Crippen molar-refractivity contribution in [1.29, 1.82) is 0 Å². The minimum atomic E-state index is 0. The molecule has 1 saturated heterocycles. The van der Waals surface area contributed by atoms with Gasteiger partial charge in [0.1, 0.15) is 5.69 Å². The zero-order chi connectivity index (χ0) is 12.7. The molecule has 104 valence electrons. The number of piperidine rings is 1. The number of phenolic OH excluding ortho intramolecular Hbond substituents is 1.